The number of piperidine rings is 1. The summed E-state index contributed by atoms with van der Waals surface area (Å²) in [6.07, 6.45) is 3.41. The van der Waals surface area contributed by atoms with Gasteiger partial charge in [0.05, 0.1) is 28.5 Å². The Morgan fingerprint density at radius 2 is 2.06 bits per heavy atom. The maximum Gasteiger partial charge on any atom is 0.253 e. The van der Waals surface area contributed by atoms with Gasteiger partial charge in [-0.1, -0.05) is 0 Å². The molecular weight excluding hydrogens is 533 g/mol. The number of fused-ring (bicyclic) bond motifs is 2. The third kappa shape index (κ3) is 4.64. The summed E-state index contributed by atoms with van der Waals surface area (Å²) in [7, 11) is 0. The molecule has 0 bridgehead atoms. The fraction of sp³-hybridized carbons (Fsp3) is 0.333. The summed E-state index contributed by atoms with van der Waals surface area (Å²) >= 11 is 3.54. The van der Waals surface area contributed by atoms with E-state index < -0.39 is 18.6 Å². The number of amides is 1. The van der Waals surface area contributed by atoms with Crippen LogP contribution in [0.1, 0.15) is 18.5 Å². The standard InChI is InChI=1S/C24H25BrFN7O3/c25-21-19(11-28-16-3-5-32(6-4-16)24(36)20(35)12-34)31-23-17(10-30-33(23)22(21)27)14-7-13-8-15(26)1-2-18(13)29-9-14/h1-2,7-10,16,20,28,34-35H,3-6,11-12,27H2. The molecule has 3 aromatic heterocycles. The molecule has 0 spiro atoms. The summed E-state index contributed by atoms with van der Waals surface area (Å²) in [5.41, 5.74) is 9.78. The van der Waals surface area contributed by atoms with Crippen molar-refractivity contribution in [3.8, 4) is 11.1 Å². The monoisotopic (exact) mass is 557 g/mol. The van der Waals surface area contributed by atoms with E-state index in [0.717, 1.165) is 11.1 Å². The molecule has 0 saturated carbocycles. The van der Waals surface area contributed by atoms with Crippen LogP contribution in [-0.4, -0.2) is 72.4 Å². The number of nitrogens with two attached hydrogens (primary N) is 1. The molecule has 1 saturated heterocycles. The van der Waals surface area contributed by atoms with Crippen molar-refractivity contribution >= 4 is 44.2 Å². The van der Waals surface area contributed by atoms with Gasteiger partial charge in [0.25, 0.3) is 5.91 Å². The van der Waals surface area contributed by atoms with Crippen molar-refractivity contribution < 1.29 is 19.4 Å². The number of aliphatic hydroxyl groups is 2. The van der Waals surface area contributed by atoms with Crippen LogP contribution < -0.4 is 11.1 Å². The molecule has 1 atom stereocenters. The minimum atomic E-state index is -1.37. The Hall–Kier alpha value is -3.19. The normalized spacial score (nSPS) is 15.6. The summed E-state index contributed by atoms with van der Waals surface area (Å²) in [6, 6.07) is 6.45. The second kappa shape index (κ2) is 10.1. The third-order valence-corrected chi connectivity index (χ3v) is 7.33. The van der Waals surface area contributed by atoms with E-state index >= 15 is 0 Å². The van der Waals surface area contributed by atoms with Crippen molar-refractivity contribution in [3.63, 3.8) is 0 Å². The average molecular weight is 558 g/mol. The van der Waals surface area contributed by atoms with Crippen LogP contribution in [0.3, 0.4) is 0 Å². The van der Waals surface area contributed by atoms with Crippen LogP contribution in [0.4, 0.5) is 10.2 Å². The van der Waals surface area contributed by atoms with Crippen LogP contribution in [0, 0.1) is 5.82 Å². The molecule has 4 heterocycles. The van der Waals surface area contributed by atoms with Gasteiger partial charge in [-0.05, 0) is 53.0 Å². The highest BCUT2D eigenvalue weighted by Crippen LogP contribution is 2.31. The number of aromatic nitrogens is 4. The summed E-state index contributed by atoms with van der Waals surface area (Å²) in [4.78, 5) is 22.9. The number of nitrogen functional groups attached to an aromatic ring is 1. The van der Waals surface area contributed by atoms with Gasteiger partial charge in [0.2, 0.25) is 0 Å². The highest BCUT2D eigenvalue weighted by molar-refractivity contribution is 9.10. The third-order valence-electron chi connectivity index (χ3n) is 6.47. The Bertz CT molecular complexity index is 1440. The van der Waals surface area contributed by atoms with E-state index in [2.05, 4.69) is 31.3 Å². The highest BCUT2D eigenvalue weighted by atomic mass is 79.9. The number of nitrogens with one attached hydrogen (secondary N) is 1. The van der Waals surface area contributed by atoms with Crippen LogP contribution in [0.25, 0.3) is 27.7 Å². The number of aliphatic hydroxyl groups excluding tert-OH is 2. The number of pyridine rings is 1. The van der Waals surface area contributed by atoms with E-state index in [4.69, 9.17) is 15.8 Å². The van der Waals surface area contributed by atoms with Crippen LogP contribution in [0.15, 0.2) is 41.1 Å². The molecule has 5 N–H and O–H groups in total. The molecule has 1 aliphatic heterocycles. The molecule has 0 aliphatic carbocycles. The molecule has 36 heavy (non-hydrogen) atoms. The number of hydrogen-bond acceptors (Lipinski definition) is 8. The molecule has 1 fully saturated rings. The maximum absolute atomic E-state index is 13.7. The number of anilines is 1. The van der Waals surface area contributed by atoms with Crippen LogP contribution in [0.2, 0.25) is 0 Å². The van der Waals surface area contributed by atoms with Gasteiger partial charge >= 0.3 is 0 Å². The summed E-state index contributed by atoms with van der Waals surface area (Å²) < 4.78 is 15.9. The topological polar surface area (TPSA) is 142 Å². The number of rotatable bonds is 6. The first-order valence-electron chi connectivity index (χ1n) is 11.5. The van der Waals surface area contributed by atoms with E-state index in [9.17, 15) is 14.3 Å². The lowest BCUT2D eigenvalue weighted by molar-refractivity contribution is -0.143. The minimum absolute atomic E-state index is 0.149. The molecule has 1 aromatic carbocycles. The van der Waals surface area contributed by atoms with Gasteiger partial charge in [0, 0.05) is 48.4 Å². The Balaban J connectivity index is 1.36. The van der Waals surface area contributed by atoms with Gasteiger partial charge in [-0.25, -0.2) is 9.37 Å². The number of halogens is 2. The van der Waals surface area contributed by atoms with E-state index in [1.54, 1.807) is 27.9 Å². The Morgan fingerprint density at radius 1 is 1.28 bits per heavy atom. The molecule has 12 heteroatoms. The summed E-state index contributed by atoms with van der Waals surface area (Å²) in [6.45, 7) is 0.839. The zero-order chi connectivity index (χ0) is 25.4. The fourth-order valence-electron chi connectivity index (χ4n) is 4.45. The molecule has 1 aliphatic rings. The first-order chi connectivity index (χ1) is 17.4. The smallest absolute Gasteiger partial charge is 0.253 e. The molecule has 5 rings (SSSR count). The van der Waals surface area contributed by atoms with Gasteiger partial charge in [-0.3, -0.25) is 9.78 Å². The van der Waals surface area contributed by atoms with Crippen molar-refractivity contribution in [3.05, 3.63) is 52.6 Å². The molecule has 10 nitrogen and oxygen atoms in total. The Labute approximate surface area is 214 Å². The number of nitrogens with zero attached hydrogens (tertiary/aromatic N) is 5. The molecule has 0 radical (unpaired) electrons. The molecular formula is C24H25BrFN7O3. The van der Waals surface area contributed by atoms with Crippen LogP contribution >= 0.6 is 15.9 Å². The SMILES string of the molecule is Nc1c(Br)c(CNC2CCN(C(=O)C(O)CO)CC2)nc2c(-c3cnc4ccc(F)cc4c3)cnn12. The van der Waals surface area contributed by atoms with Gasteiger partial charge in [-0.2, -0.15) is 9.61 Å². The summed E-state index contributed by atoms with van der Waals surface area (Å²) in [5, 5.41) is 27.1. The number of likely N-dealkylation sites (tertiary alicyclic amines) is 1. The minimum Gasteiger partial charge on any atom is -0.393 e. The zero-order valence-electron chi connectivity index (χ0n) is 19.2. The zero-order valence-corrected chi connectivity index (χ0v) is 20.8. The number of hydrogen-bond donors (Lipinski definition) is 4. The maximum atomic E-state index is 13.7. The van der Waals surface area contributed by atoms with Crippen molar-refractivity contribution in [1.29, 1.82) is 0 Å². The second-order valence-electron chi connectivity index (χ2n) is 8.79. The highest BCUT2D eigenvalue weighted by Gasteiger charge is 2.27. The molecule has 188 valence electrons. The molecule has 4 aromatic rings. The predicted octanol–water partition coefficient (Wildman–Crippen LogP) is 1.86. The van der Waals surface area contributed by atoms with Crippen molar-refractivity contribution in [2.24, 2.45) is 0 Å². The van der Waals surface area contributed by atoms with Gasteiger partial charge < -0.3 is 26.2 Å². The quantitative estimate of drug-likeness (QED) is 0.281. The largest absolute Gasteiger partial charge is 0.393 e. The number of carbonyl (C=O) groups excluding carboxylic acids is 1. The fourth-order valence-corrected chi connectivity index (χ4v) is 4.84. The van der Waals surface area contributed by atoms with E-state index in [1.807, 2.05) is 6.07 Å². The van der Waals surface area contributed by atoms with Crippen LogP contribution in [-0.2, 0) is 11.3 Å². The van der Waals surface area contributed by atoms with Crippen molar-refractivity contribution in [2.45, 2.75) is 31.5 Å². The second-order valence-corrected chi connectivity index (χ2v) is 9.58. The number of carbonyl (C=O) groups is 1. The first-order valence-corrected chi connectivity index (χ1v) is 12.3. The predicted molar refractivity (Wildman–Crippen MR) is 135 cm³/mol. The lowest BCUT2D eigenvalue weighted by Crippen LogP contribution is -2.48. The van der Waals surface area contributed by atoms with E-state index in [1.165, 1.54) is 12.1 Å². The lowest BCUT2D eigenvalue weighted by Gasteiger charge is -2.33. The molecule has 1 unspecified atom stereocenters. The van der Waals surface area contributed by atoms with Crippen molar-refractivity contribution in [2.75, 3.05) is 25.4 Å². The first kappa shape index (κ1) is 24.5. The van der Waals surface area contributed by atoms with Gasteiger partial charge in [0.15, 0.2) is 11.8 Å². The lowest BCUT2D eigenvalue weighted by atomic mass is 10.0. The van der Waals surface area contributed by atoms with Gasteiger partial charge in [-0.15, -0.1) is 0 Å². The van der Waals surface area contributed by atoms with Crippen molar-refractivity contribution in [1.82, 2.24) is 29.8 Å². The average Bonchev–Trinajstić information content (AvgIpc) is 3.32. The summed E-state index contributed by atoms with van der Waals surface area (Å²) in [5.74, 6) is -0.375. The molecule has 1 amide bonds. The van der Waals surface area contributed by atoms with Gasteiger partial charge in [0.1, 0.15) is 11.6 Å². The Kier molecular flexibility index (Phi) is 6.84. The Morgan fingerprint density at radius 3 is 2.81 bits per heavy atom. The number of benzene rings is 1. The van der Waals surface area contributed by atoms with Crippen LogP contribution in [0.5, 0.6) is 0 Å². The van der Waals surface area contributed by atoms with E-state index in [-0.39, 0.29) is 11.9 Å². The van der Waals surface area contributed by atoms with E-state index in [0.29, 0.717) is 65.0 Å².